The number of para-hydroxylation sites is 1. The Morgan fingerprint density at radius 3 is 2.50 bits per heavy atom. The highest BCUT2D eigenvalue weighted by molar-refractivity contribution is 6.05. The Morgan fingerprint density at radius 1 is 0.950 bits per heavy atom. The molecule has 0 bridgehead atoms. The first-order chi connectivity index (χ1) is 9.60. The van der Waals surface area contributed by atoms with Gasteiger partial charge >= 0.3 is 11.8 Å². The summed E-state index contributed by atoms with van der Waals surface area (Å²) in [7, 11) is 0. The smallest absolute Gasteiger partial charge is 0.274 e. The molecule has 2 nitrogen and oxygen atoms in total. The predicted molar refractivity (Wildman–Crippen MR) is 71.9 cm³/mol. The van der Waals surface area contributed by atoms with Gasteiger partial charge in [0.15, 0.2) is 0 Å². The molecule has 4 rings (SSSR count). The lowest BCUT2D eigenvalue weighted by molar-refractivity contribution is -0.00224. The summed E-state index contributed by atoms with van der Waals surface area (Å²) in [6.45, 7) is 0. The highest BCUT2D eigenvalue weighted by Crippen LogP contribution is 2.44. The van der Waals surface area contributed by atoms with E-state index in [9.17, 15) is 13.6 Å². The molecule has 20 heavy (non-hydrogen) atoms. The number of carbonyl (C=O) groups is 1. The third-order valence-electron chi connectivity index (χ3n) is 3.72. The third kappa shape index (κ3) is 1.23. The van der Waals surface area contributed by atoms with Gasteiger partial charge in [0.25, 0.3) is 0 Å². The maximum atomic E-state index is 14.3. The van der Waals surface area contributed by atoms with E-state index in [0.29, 0.717) is 16.8 Å². The first-order valence-electron chi connectivity index (χ1n) is 6.23. The summed E-state index contributed by atoms with van der Waals surface area (Å²) in [5.41, 5.74) is 1.23. The number of alkyl halides is 2. The number of rotatable bonds is 0. The zero-order valence-electron chi connectivity index (χ0n) is 10.3. The molecule has 2 heterocycles. The average molecular weight is 269 g/mol. The molecule has 0 amide bonds. The number of halogens is 2. The molecule has 3 aromatic rings. The molecule has 0 fully saturated rings. The van der Waals surface area contributed by atoms with Crippen molar-refractivity contribution in [2.45, 2.75) is 5.92 Å². The van der Waals surface area contributed by atoms with E-state index in [1.165, 1.54) is 12.1 Å². The van der Waals surface area contributed by atoms with Gasteiger partial charge in [-0.15, -0.1) is 0 Å². The number of carbonyl (C=O) groups excluding carboxylic acids is 1. The second-order valence-electron chi connectivity index (χ2n) is 4.85. The highest BCUT2D eigenvalue weighted by atomic mass is 19.3. The zero-order valence-corrected chi connectivity index (χ0v) is 10.3. The maximum Gasteiger partial charge on any atom is 0.351 e. The van der Waals surface area contributed by atoms with Crippen LogP contribution in [0.5, 0.6) is 0 Å². The van der Waals surface area contributed by atoms with Gasteiger partial charge < -0.3 is 0 Å². The predicted octanol–water partition coefficient (Wildman–Crippen LogP) is 4.05. The number of aromatic nitrogens is 1. The monoisotopic (exact) mass is 269 g/mol. The van der Waals surface area contributed by atoms with Crippen LogP contribution in [0.3, 0.4) is 0 Å². The molecule has 2 aromatic carbocycles. The van der Waals surface area contributed by atoms with Gasteiger partial charge in [0.1, 0.15) is 0 Å². The molecular formula is C16H9F2NO. The molecule has 0 atom stereocenters. The van der Waals surface area contributed by atoms with Crippen molar-refractivity contribution >= 4 is 16.8 Å². The lowest BCUT2D eigenvalue weighted by atomic mass is 9.95. The summed E-state index contributed by atoms with van der Waals surface area (Å²) in [4.78, 5) is 12.2. The van der Waals surface area contributed by atoms with Crippen molar-refractivity contribution in [3.63, 3.8) is 0 Å². The lowest BCUT2D eigenvalue weighted by Crippen LogP contribution is -2.35. The lowest BCUT2D eigenvalue weighted by Gasteiger charge is -2.26. The Kier molecular flexibility index (Phi) is 2.01. The van der Waals surface area contributed by atoms with Crippen molar-refractivity contribution < 1.29 is 13.6 Å². The van der Waals surface area contributed by atoms with Crippen molar-refractivity contribution in [3.8, 4) is 11.3 Å². The molecule has 4 heteroatoms. The first-order valence-corrected chi connectivity index (χ1v) is 6.23. The van der Waals surface area contributed by atoms with Crippen molar-refractivity contribution in [1.29, 1.82) is 0 Å². The van der Waals surface area contributed by atoms with Gasteiger partial charge in [0.05, 0.1) is 11.2 Å². The number of nitrogens with zero attached hydrogens (tertiary/aromatic N) is 1. The fraction of sp³-hybridized carbons (Fsp3) is 0.0625. The van der Waals surface area contributed by atoms with Crippen LogP contribution in [0.15, 0.2) is 54.6 Å². The second kappa shape index (κ2) is 3.54. The van der Waals surface area contributed by atoms with E-state index in [0.717, 1.165) is 9.95 Å². The Morgan fingerprint density at radius 2 is 1.65 bits per heavy atom. The molecule has 0 aliphatic carbocycles. The molecule has 0 N–H and O–H groups in total. The second-order valence-corrected chi connectivity index (χ2v) is 4.85. The summed E-state index contributed by atoms with van der Waals surface area (Å²) < 4.78 is 29.7. The topological polar surface area (TPSA) is 22.0 Å². The van der Waals surface area contributed by atoms with Crippen molar-refractivity contribution in [2.75, 3.05) is 0 Å². The fourth-order valence-electron chi connectivity index (χ4n) is 2.81. The van der Waals surface area contributed by atoms with E-state index >= 15 is 0 Å². The van der Waals surface area contributed by atoms with E-state index in [2.05, 4.69) is 0 Å². The molecule has 1 aromatic heterocycles. The van der Waals surface area contributed by atoms with Gasteiger partial charge in [-0.05, 0) is 12.1 Å². The van der Waals surface area contributed by atoms with Crippen LogP contribution < -0.4 is 0 Å². The van der Waals surface area contributed by atoms with Gasteiger partial charge in [-0.3, -0.25) is 9.36 Å². The SMILES string of the molecule is O=C1n2c(cc3ccccc32)-c2ccccc2C1(F)F. The molecule has 0 unspecified atom stereocenters. The van der Waals surface area contributed by atoms with Crippen LogP contribution in [-0.4, -0.2) is 10.5 Å². The molecule has 0 spiro atoms. The molecule has 0 radical (unpaired) electrons. The maximum absolute atomic E-state index is 14.3. The van der Waals surface area contributed by atoms with Crippen LogP contribution in [0.2, 0.25) is 0 Å². The van der Waals surface area contributed by atoms with Gasteiger partial charge in [-0.25, -0.2) is 0 Å². The summed E-state index contributed by atoms with van der Waals surface area (Å²) in [5, 5.41) is 0.781. The van der Waals surface area contributed by atoms with Crippen LogP contribution in [0.1, 0.15) is 10.4 Å². The van der Waals surface area contributed by atoms with Crippen molar-refractivity contribution in [2.24, 2.45) is 0 Å². The fourth-order valence-corrected chi connectivity index (χ4v) is 2.81. The number of fused-ring (bicyclic) bond motifs is 5. The van der Waals surface area contributed by atoms with Crippen molar-refractivity contribution in [3.05, 3.63) is 60.2 Å². The minimum atomic E-state index is -3.49. The summed E-state index contributed by atoms with van der Waals surface area (Å²) in [6, 6.07) is 15.0. The largest absolute Gasteiger partial charge is 0.351 e. The van der Waals surface area contributed by atoms with Gasteiger partial charge in [0.2, 0.25) is 0 Å². The molecule has 1 aliphatic rings. The van der Waals surface area contributed by atoms with Gasteiger partial charge in [-0.2, -0.15) is 8.78 Å². The number of benzene rings is 2. The molecule has 0 saturated heterocycles. The van der Waals surface area contributed by atoms with Crippen LogP contribution in [0, 0.1) is 0 Å². The van der Waals surface area contributed by atoms with Crippen LogP contribution in [0.25, 0.3) is 22.2 Å². The minimum Gasteiger partial charge on any atom is -0.274 e. The Labute approximate surface area is 113 Å². The average Bonchev–Trinajstić information content (AvgIpc) is 2.85. The normalized spacial score (nSPS) is 16.0. The molecule has 1 aliphatic heterocycles. The van der Waals surface area contributed by atoms with E-state index in [4.69, 9.17) is 0 Å². The Bertz CT molecular complexity index is 864. The quantitative estimate of drug-likeness (QED) is 0.603. The van der Waals surface area contributed by atoms with E-state index in [-0.39, 0.29) is 5.56 Å². The summed E-state index contributed by atoms with van der Waals surface area (Å²) >= 11 is 0. The summed E-state index contributed by atoms with van der Waals surface area (Å²) in [5.74, 6) is -4.68. The highest BCUT2D eigenvalue weighted by Gasteiger charge is 2.48. The summed E-state index contributed by atoms with van der Waals surface area (Å²) in [6.07, 6.45) is 0. The van der Waals surface area contributed by atoms with Gasteiger partial charge in [-0.1, -0.05) is 42.5 Å². The Hall–Kier alpha value is -2.49. The first kappa shape index (κ1) is 11.3. The Balaban J connectivity index is 2.19. The van der Waals surface area contributed by atoms with E-state index in [1.807, 2.05) is 12.1 Å². The van der Waals surface area contributed by atoms with Crippen LogP contribution in [0.4, 0.5) is 8.78 Å². The van der Waals surface area contributed by atoms with E-state index < -0.39 is 11.8 Å². The van der Waals surface area contributed by atoms with Crippen molar-refractivity contribution in [1.82, 2.24) is 4.57 Å². The molecular weight excluding hydrogens is 260 g/mol. The number of hydrogen-bond acceptors (Lipinski definition) is 1. The molecule has 98 valence electrons. The zero-order chi connectivity index (χ0) is 13.9. The van der Waals surface area contributed by atoms with Gasteiger partial charge in [0, 0.05) is 16.5 Å². The standard InChI is InChI=1S/C16H9F2NO/c17-16(18)12-7-3-2-6-11(12)14-9-10-5-1-4-8-13(10)19(14)15(16)20/h1-9H. The van der Waals surface area contributed by atoms with Crippen LogP contribution >= 0.6 is 0 Å². The molecule has 0 saturated carbocycles. The number of hydrogen-bond donors (Lipinski definition) is 0. The third-order valence-corrected chi connectivity index (χ3v) is 3.72. The van der Waals surface area contributed by atoms with Crippen LogP contribution in [-0.2, 0) is 5.92 Å². The minimum absolute atomic E-state index is 0.222. The van der Waals surface area contributed by atoms with E-state index in [1.54, 1.807) is 30.3 Å².